The fraction of sp³-hybridized carbons (Fsp3) is 0.550. The van der Waals surface area contributed by atoms with Gasteiger partial charge in [-0.15, -0.1) is 33.3 Å². The Labute approximate surface area is 182 Å². The molecule has 1 saturated carbocycles. The molecular formula is C20H26N6O2S2. The van der Waals surface area contributed by atoms with Crippen LogP contribution < -0.4 is 10.9 Å². The molecule has 160 valence electrons. The lowest BCUT2D eigenvalue weighted by Gasteiger charge is -2.24. The summed E-state index contributed by atoms with van der Waals surface area (Å²) < 4.78 is 2.00. The molecule has 0 spiro atoms. The molecule has 30 heavy (non-hydrogen) atoms. The molecule has 0 aliphatic heterocycles. The van der Waals surface area contributed by atoms with Crippen LogP contribution in [0.1, 0.15) is 60.0 Å². The molecule has 1 aliphatic rings. The van der Waals surface area contributed by atoms with Crippen LogP contribution in [0.5, 0.6) is 0 Å². The van der Waals surface area contributed by atoms with Crippen LogP contribution >= 0.6 is 23.1 Å². The van der Waals surface area contributed by atoms with Crippen molar-refractivity contribution in [3.63, 3.8) is 0 Å². The van der Waals surface area contributed by atoms with E-state index in [4.69, 9.17) is 0 Å². The first-order valence-corrected chi connectivity index (χ1v) is 12.0. The van der Waals surface area contributed by atoms with E-state index in [1.54, 1.807) is 0 Å². The van der Waals surface area contributed by atoms with Gasteiger partial charge in [-0.05, 0) is 39.2 Å². The van der Waals surface area contributed by atoms with E-state index in [9.17, 15) is 9.59 Å². The largest absolute Gasteiger partial charge is 0.348 e. The lowest BCUT2D eigenvalue weighted by Crippen LogP contribution is -2.31. The molecule has 8 nitrogen and oxygen atoms in total. The van der Waals surface area contributed by atoms with Crippen molar-refractivity contribution in [3.05, 3.63) is 38.3 Å². The minimum absolute atomic E-state index is 0.0700. The van der Waals surface area contributed by atoms with E-state index >= 15 is 0 Å². The van der Waals surface area contributed by atoms with E-state index in [0.717, 1.165) is 26.9 Å². The fourth-order valence-electron chi connectivity index (χ4n) is 3.51. The summed E-state index contributed by atoms with van der Waals surface area (Å²) in [5, 5.41) is 11.9. The standard InChI is InChI=1S/C20H26N6O2S2/c1-10-11(2)30-20-16(10)19(28)22-14(23-20)9-29-12(3)18(27)21-8-15-24-25-17(26(15)4)13-6-5-7-13/h12-13H,5-9H2,1-4H3,(H,21,27)(H,22,23,28). The Kier molecular flexibility index (Phi) is 5.97. The lowest BCUT2D eigenvalue weighted by atomic mass is 9.85. The first kappa shape index (κ1) is 21.0. The number of thioether (sulfide) groups is 1. The van der Waals surface area contributed by atoms with Crippen molar-refractivity contribution < 1.29 is 4.79 Å². The summed E-state index contributed by atoms with van der Waals surface area (Å²) in [6, 6.07) is 0. The Morgan fingerprint density at radius 1 is 1.37 bits per heavy atom. The topological polar surface area (TPSA) is 106 Å². The van der Waals surface area contributed by atoms with Crippen LogP contribution in [0.4, 0.5) is 0 Å². The van der Waals surface area contributed by atoms with Crippen LogP contribution in [-0.2, 0) is 24.1 Å². The molecule has 1 unspecified atom stereocenters. The minimum Gasteiger partial charge on any atom is -0.348 e. The number of carbonyl (C=O) groups excluding carboxylic acids is 1. The van der Waals surface area contributed by atoms with Crippen molar-refractivity contribution in [2.75, 3.05) is 0 Å². The first-order chi connectivity index (χ1) is 14.3. The molecule has 1 amide bonds. The van der Waals surface area contributed by atoms with Gasteiger partial charge in [0, 0.05) is 17.8 Å². The molecule has 2 N–H and O–H groups in total. The third kappa shape index (κ3) is 4.02. The van der Waals surface area contributed by atoms with Crippen molar-refractivity contribution in [2.45, 2.75) is 63.5 Å². The zero-order valence-electron chi connectivity index (χ0n) is 17.6. The Bertz CT molecular complexity index is 1140. The van der Waals surface area contributed by atoms with Gasteiger partial charge in [-0.2, -0.15) is 0 Å². The molecule has 1 atom stereocenters. The normalized spacial score (nSPS) is 15.3. The SMILES string of the molecule is Cc1sc2nc(CSC(C)C(=O)NCc3nnc(C4CCC4)n3C)[nH]c(=O)c2c1C. The van der Waals surface area contributed by atoms with E-state index in [2.05, 4.69) is 25.5 Å². The second kappa shape index (κ2) is 8.50. The summed E-state index contributed by atoms with van der Waals surface area (Å²) in [5.74, 6) is 3.27. The second-order valence-electron chi connectivity index (χ2n) is 7.81. The van der Waals surface area contributed by atoms with E-state index in [1.807, 2.05) is 32.4 Å². The van der Waals surface area contributed by atoms with Gasteiger partial charge < -0.3 is 14.9 Å². The van der Waals surface area contributed by atoms with Crippen molar-refractivity contribution in [1.29, 1.82) is 0 Å². The number of fused-ring (bicyclic) bond motifs is 1. The van der Waals surface area contributed by atoms with Gasteiger partial charge in [-0.1, -0.05) is 6.42 Å². The van der Waals surface area contributed by atoms with Crippen molar-refractivity contribution >= 4 is 39.2 Å². The van der Waals surface area contributed by atoms with Gasteiger partial charge >= 0.3 is 0 Å². The quantitative estimate of drug-likeness (QED) is 0.578. The highest BCUT2D eigenvalue weighted by atomic mass is 32.2. The molecule has 0 radical (unpaired) electrons. The second-order valence-corrected chi connectivity index (χ2v) is 10.3. The molecule has 3 heterocycles. The number of amides is 1. The maximum Gasteiger partial charge on any atom is 0.259 e. The van der Waals surface area contributed by atoms with Gasteiger partial charge in [0.25, 0.3) is 5.56 Å². The molecule has 10 heteroatoms. The zero-order valence-corrected chi connectivity index (χ0v) is 19.2. The summed E-state index contributed by atoms with van der Waals surface area (Å²) in [5.41, 5.74) is 0.874. The van der Waals surface area contributed by atoms with E-state index < -0.39 is 0 Å². The maximum atomic E-state index is 12.5. The summed E-state index contributed by atoms with van der Waals surface area (Å²) in [6.07, 6.45) is 3.58. The number of aryl methyl sites for hydroxylation is 2. The van der Waals surface area contributed by atoms with E-state index in [0.29, 0.717) is 29.4 Å². The van der Waals surface area contributed by atoms with Crippen molar-refractivity contribution in [2.24, 2.45) is 7.05 Å². The number of carbonyl (C=O) groups is 1. The van der Waals surface area contributed by atoms with Crippen LogP contribution in [-0.4, -0.2) is 35.9 Å². The number of H-pyrrole nitrogens is 1. The van der Waals surface area contributed by atoms with Gasteiger partial charge in [0.15, 0.2) is 5.82 Å². The van der Waals surface area contributed by atoms with E-state index in [-0.39, 0.29) is 16.7 Å². The Hall–Kier alpha value is -2.20. The lowest BCUT2D eigenvalue weighted by molar-refractivity contribution is -0.120. The predicted octanol–water partition coefficient (Wildman–Crippen LogP) is 2.94. The summed E-state index contributed by atoms with van der Waals surface area (Å²) in [4.78, 5) is 34.2. The number of hydrogen-bond acceptors (Lipinski definition) is 7. The highest BCUT2D eigenvalue weighted by molar-refractivity contribution is 7.99. The van der Waals surface area contributed by atoms with Crippen LogP contribution in [0.3, 0.4) is 0 Å². The predicted molar refractivity (Wildman–Crippen MR) is 120 cm³/mol. The van der Waals surface area contributed by atoms with Gasteiger partial charge in [-0.25, -0.2) is 4.98 Å². The number of thiophene rings is 1. The molecular weight excluding hydrogens is 420 g/mol. The average Bonchev–Trinajstić information content (AvgIpc) is 3.16. The fourth-order valence-corrected chi connectivity index (χ4v) is 5.34. The number of aromatic nitrogens is 5. The highest BCUT2D eigenvalue weighted by Gasteiger charge is 2.25. The zero-order chi connectivity index (χ0) is 21.4. The number of nitrogens with zero attached hydrogens (tertiary/aromatic N) is 4. The maximum absolute atomic E-state index is 12.5. The Morgan fingerprint density at radius 2 is 2.13 bits per heavy atom. The molecule has 1 aliphatic carbocycles. The van der Waals surface area contributed by atoms with Crippen molar-refractivity contribution in [3.8, 4) is 0 Å². The summed E-state index contributed by atoms with van der Waals surface area (Å²) >= 11 is 2.97. The third-order valence-corrected chi connectivity index (χ3v) is 8.07. The van der Waals surface area contributed by atoms with Gasteiger partial charge in [0.1, 0.15) is 16.5 Å². The number of rotatable bonds is 7. The first-order valence-electron chi connectivity index (χ1n) is 10.1. The third-order valence-electron chi connectivity index (χ3n) is 5.82. The smallest absolute Gasteiger partial charge is 0.259 e. The molecule has 0 bridgehead atoms. The molecule has 4 rings (SSSR count). The number of aromatic amines is 1. The number of nitrogens with one attached hydrogen (secondary N) is 2. The summed E-state index contributed by atoms with van der Waals surface area (Å²) in [7, 11) is 1.96. The Morgan fingerprint density at radius 3 is 2.83 bits per heavy atom. The molecule has 3 aromatic heterocycles. The van der Waals surface area contributed by atoms with Crippen LogP contribution in [0, 0.1) is 13.8 Å². The molecule has 3 aromatic rings. The molecule has 0 aromatic carbocycles. The molecule has 0 saturated heterocycles. The van der Waals surface area contributed by atoms with Gasteiger partial charge in [0.05, 0.1) is 22.9 Å². The van der Waals surface area contributed by atoms with Crippen molar-refractivity contribution in [1.82, 2.24) is 30.0 Å². The van der Waals surface area contributed by atoms with Gasteiger partial charge in [-0.3, -0.25) is 9.59 Å². The van der Waals surface area contributed by atoms with Gasteiger partial charge in [0.2, 0.25) is 5.91 Å². The minimum atomic E-state index is -0.280. The van der Waals surface area contributed by atoms with E-state index in [1.165, 1.54) is 42.4 Å². The number of hydrogen-bond donors (Lipinski definition) is 2. The average molecular weight is 447 g/mol. The summed E-state index contributed by atoms with van der Waals surface area (Å²) in [6.45, 7) is 6.15. The Balaban J connectivity index is 1.33. The van der Waals surface area contributed by atoms with Crippen LogP contribution in [0.15, 0.2) is 4.79 Å². The monoisotopic (exact) mass is 446 g/mol. The van der Waals surface area contributed by atoms with Crippen LogP contribution in [0.25, 0.3) is 10.2 Å². The molecule has 1 fully saturated rings. The highest BCUT2D eigenvalue weighted by Crippen LogP contribution is 2.35. The van der Waals surface area contributed by atoms with Crippen LogP contribution in [0.2, 0.25) is 0 Å².